The van der Waals surface area contributed by atoms with E-state index in [0.717, 1.165) is 54.2 Å². The van der Waals surface area contributed by atoms with Crippen LogP contribution in [0.15, 0.2) is 35.3 Å². The summed E-state index contributed by atoms with van der Waals surface area (Å²) < 4.78 is 17.1. The molecule has 4 heterocycles. The molecule has 3 aromatic rings. The third-order valence-electron chi connectivity index (χ3n) is 6.03. The molecule has 5 rings (SSSR count). The number of halogens is 1. The van der Waals surface area contributed by atoms with Gasteiger partial charge in [0, 0.05) is 44.0 Å². The second-order valence-corrected chi connectivity index (χ2v) is 8.64. The van der Waals surface area contributed by atoms with Gasteiger partial charge in [0.25, 0.3) is 0 Å². The fraction of sp³-hybridized carbons (Fsp3) is 0.417. The lowest BCUT2D eigenvalue weighted by Gasteiger charge is -2.28. The molecule has 2 aromatic heterocycles. The highest BCUT2D eigenvalue weighted by Crippen LogP contribution is 2.35. The van der Waals surface area contributed by atoms with E-state index in [9.17, 15) is 5.11 Å². The maximum absolute atomic E-state index is 9.32. The van der Waals surface area contributed by atoms with Gasteiger partial charge in [-0.2, -0.15) is 0 Å². The Balaban J connectivity index is 1.46. The Labute approximate surface area is 197 Å². The number of aliphatic hydroxyl groups is 1. The maximum Gasteiger partial charge on any atom is 0.202 e. The molecule has 1 aromatic carbocycles. The fourth-order valence-corrected chi connectivity index (χ4v) is 4.59. The summed E-state index contributed by atoms with van der Waals surface area (Å²) in [5.41, 5.74) is 5.09. The number of anilines is 1. The van der Waals surface area contributed by atoms with Crippen LogP contribution in [-0.4, -0.2) is 80.1 Å². The van der Waals surface area contributed by atoms with E-state index in [1.54, 1.807) is 13.3 Å². The van der Waals surface area contributed by atoms with Gasteiger partial charge in [-0.05, 0) is 18.2 Å². The molecule has 0 bridgehead atoms. The molecule has 0 amide bonds. The lowest BCUT2D eigenvalue weighted by atomic mass is 10.1. The third kappa shape index (κ3) is 4.56. The van der Waals surface area contributed by atoms with Crippen LogP contribution in [0.25, 0.3) is 22.3 Å². The molecule has 0 unspecified atom stereocenters. The number of aliphatic hydroxyl groups excluding tert-OH is 1. The molecule has 2 atom stereocenters. The van der Waals surface area contributed by atoms with Gasteiger partial charge in [0.15, 0.2) is 0 Å². The van der Waals surface area contributed by atoms with E-state index in [1.165, 1.54) is 0 Å². The summed E-state index contributed by atoms with van der Waals surface area (Å²) >= 11 is 6.64. The quantitative estimate of drug-likeness (QED) is 0.537. The minimum atomic E-state index is -0.192. The van der Waals surface area contributed by atoms with Gasteiger partial charge >= 0.3 is 0 Å². The number of ether oxygens (including phenoxy) is 3. The first kappa shape index (κ1) is 22.2. The van der Waals surface area contributed by atoms with Gasteiger partial charge in [-0.15, -0.1) is 0 Å². The highest BCUT2D eigenvalue weighted by atomic mass is 35.5. The van der Waals surface area contributed by atoms with Crippen LogP contribution in [0.5, 0.6) is 5.88 Å². The van der Waals surface area contributed by atoms with E-state index < -0.39 is 0 Å². The third-order valence-corrected chi connectivity index (χ3v) is 6.32. The van der Waals surface area contributed by atoms with E-state index in [-0.39, 0.29) is 18.8 Å². The van der Waals surface area contributed by atoms with Crippen LogP contribution in [0.4, 0.5) is 5.69 Å². The van der Waals surface area contributed by atoms with Crippen molar-refractivity contribution in [2.24, 2.45) is 4.99 Å². The van der Waals surface area contributed by atoms with Crippen LogP contribution in [0.2, 0.25) is 5.02 Å². The summed E-state index contributed by atoms with van der Waals surface area (Å²) in [5, 5.41) is 9.88. The van der Waals surface area contributed by atoms with Crippen LogP contribution in [0, 0.1) is 0 Å². The number of nitrogens with one attached hydrogen (secondary N) is 1. The van der Waals surface area contributed by atoms with Crippen molar-refractivity contribution in [3.63, 3.8) is 0 Å². The lowest BCUT2D eigenvalue weighted by molar-refractivity contribution is 0.0531. The van der Waals surface area contributed by atoms with Crippen molar-refractivity contribution < 1.29 is 19.3 Å². The van der Waals surface area contributed by atoms with E-state index in [1.807, 2.05) is 18.2 Å². The average molecular weight is 471 g/mol. The zero-order valence-corrected chi connectivity index (χ0v) is 19.2. The van der Waals surface area contributed by atoms with Crippen LogP contribution in [-0.2, 0) is 9.47 Å². The summed E-state index contributed by atoms with van der Waals surface area (Å²) in [6.45, 7) is 3.69. The molecule has 2 fully saturated rings. The molecule has 0 aliphatic carbocycles. The number of aromatic amines is 1. The Bertz CT molecular complexity index is 1140. The number of H-pyrrole nitrogens is 1. The maximum atomic E-state index is 9.32. The first-order chi connectivity index (χ1) is 16.2. The van der Waals surface area contributed by atoms with Gasteiger partial charge in [-0.1, -0.05) is 23.7 Å². The van der Waals surface area contributed by atoms with Crippen molar-refractivity contribution in [1.82, 2.24) is 9.97 Å². The van der Waals surface area contributed by atoms with E-state index in [4.69, 9.17) is 30.8 Å². The van der Waals surface area contributed by atoms with E-state index >= 15 is 0 Å². The number of morpholine rings is 1. The lowest BCUT2D eigenvalue weighted by Crippen LogP contribution is -2.36. The molecule has 9 heteroatoms. The number of hydrogen-bond acceptors (Lipinski definition) is 7. The first-order valence-electron chi connectivity index (χ1n) is 11.1. The Hall–Kier alpha value is -2.65. The number of benzene rings is 1. The molecule has 2 N–H and O–H groups in total. The highest BCUT2D eigenvalue weighted by Gasteiger charge is 2.28. The van der Waals surface area contributed by atoms with E-state index in [2.05, 4.69) is 27.0 Å². The standard InChI is InChI=1S/C24H27ClN4O4/c1-26-12-19-23-21(27-24(19)33-18-10-17(13-30)32-14-18)11-20(25)22(28-23)15-2-4-16(5-3-15)29-6-8-31-9-7-29/h2-5,11-12,17-18,27,30H,6-10,13-14H2,1H3/b26-12+/t17-,18-/m0/s1. The van der Waals surface area contributed by atoms with Crippen molar-refractivity contribution in [2.45, 2.75) is 18.6 Å². The van der Waals surface area contributed by atoms with E-state index in [0.29, 0.717) is 29.6 Å². The molecule has 0 radical (unpaired) electrons. The van der Waals surface area contributed by atoms with Crippen LogP contribution >= 0.6 is 11.6 Å². The largest absolute Gasteiger partial charge is 0.473 e. The summed E-state index contributed by atoms with van der Waals surface area (Å²) in [6, 6.07) is 10.2. The molecule has 174 valence electrons. The van der Waals surface area contributed by atoms with Crippen LogP contribution in [0.1, 0.15) is 12.0 Å². The van der Waals surface area contributed by atoms with Crippen LogP contribution < -0.4 is 9.64 Å². The second-order valence-electron chi connectivity index (χ2n) is 8.23. The number of fused-ring (bicyclic) bond motifs is 1. The van der Waals surface area contributed by atoms with Crippen molar-refractivity contribution in [3.8, 4) is 17.1 Å². The van der Waals surface area contributed by atoms with Crippen molar-refractivity contribution >= 4 is 34.5 Å². The molecular weight excluding hydrogens is 444 g/mol. The Morgan fingerprint density at radius 1 is 1.30 bits per heavy atom. The SMILES string of the molecule is C/N=C/c1c(O[C@@H]2CO[C@H](CO)C2)[nH]c2cc(Cl)c(-c3ccc(N4CCOCC4)cc3)nc12. The Morgan fingerprint density at radius 3 is 2.79 bits per heavy atom. The van der Waals surface area contributed by atoms with Crippen molar-refractivity contribution in [1.29, 1.82) is 0 Å². The van der Waals surface area contributed by atoms with Gasteiger partial charge in [0.2, 0.25) is 5.88 Å². The summed E-state index contributed by atoms with van der Waals surface area (Å²) in [7, 11) is 1.71. The summed E-state index contributed by atoms with van der Waals surface area (Å²) in [6.07, 6.45) is 2.02. The number of hydrogen-bond donors (Lipinski definition) is 2. The van der Waals surface area contributed by atoms with Gasteiger partial charge in [0.05, 0.1) is 54.3 Å². The number of aromatic nitrogens is 2. The molecule has 8 nitrogen and oxygen atoms in total. The molecular formula is C24H27ClN4O4. The predicted octanol–water partition coefficient (Wildman–Crippen LogP) is 3.30. The fourth-order valence-electron chi connectivity index (χ4n) is 4.33. The highest BCUT2D eigenvalue weighted by molar-refractivity contribution is 6.33. The summed E-state index contributed by atoms with van der Waals surface area (Å²) in [5.74, 6) is 0.575. The van der Waals surface area contributed by atoms with Gasteiger partial charge in [0.1, 0.15) is 11.6 Å². The van der Waals surface area contributed by atoms with Gasteiger partial charge in [-0.25, -0.2) is 4.98 Å². The normalized spacial score (nSPS) is 21.4. The Kier molecular flexibility index (Phi) is 6.50. The number of nitrogens with zero attached hydrogens (tertiary/aromatic N) is 3. The summed E-state index contributed by atoms with van der Waals surface area (Å²) in [4.78, 5) is 14.7. The average Bonchev–Trinajstić information content (AvgIpc) is 3.44. The number of pyridine rings is 1. The number of aliphatic imine (C=N–C) groups is 1. The molecule has 33 heavy (non-hydrogen) atoms. The minimum absolute atomic E-state index is 0.0132. The van der Waals surface area contributed by atoms with Crippen molar-refractivity contribution in [3.05, 3.63) is 40.9 Å². The predicted molar refractivity (Wildman–Crippen MR) is 129 cm³/mol. The second kappa shape index (κ2) is 9.69. The molecule has 0 spiro atoms. The molecule has 0 saturated carbocycles. The first-order valence-corrected chi connectivity index (χ1v) is 11.5. The van der Waals surface area contributed by atoms with Crippen LogP contribution in [0.3, 0.4) is 0 Å². The molecule has 2 aliphatic heterocycles. The monoisotopic (exact) mass is 470 g/mol. The molecule has 2 aliphatic rings. The molecule has 2 saturated heterocycles. The van der Waals surface area contributed by atoms with Gasteiger partial charge < -0.3 is 29.2 Å². The zero-order chi connectivity index (χ0) is 22.8. The smallest absolute Gasteiger partial charge is 0.202 e. The van der Waals surface area contributed by atoms with Gasteiger partial charge in [-0.3, -0.25) is 4.99 Å². The number of rotatable bonds is 6. The van der Waals surface area contributed by atoms with Crippen molar-refractivity contribution in [2.75, 3.05) is 51.5 Å². The topological polar surface area (TPSA) is 92.2 Å². The Morgan fingerprint density at radius 2 is 2.09 bits per heavy atom. The minimum Gasteiger partial charge on any atom is -0.473 e. The zero-order valence-electron chi connectivity index (χ0n) is 18.5.